The van der Waals surface area contributed by atoms with Gasteiger partial charge in [-0.2, -0.15) is 0 Å². The minimum absolute atomic E-state index is 0.0592. The van der Waals surface area contributed by atoms with Crippen LogP contribution in [0.3, 0.4) is 0 Å². The molecule has 0 radical (unpaired) electrons. The van der Waals surface area contributed by atoms with Crippen molar-refractivity contribution in [3.05, 3.63) is 54.6 Å². The van der Waals surface area contributed by atoms with Crippen LogP contribution in [0.5, 0.6) is 0 Å². The molecule has 2 aromatic rings. The Hall–Kier alpha value is -2.47. The van der Waals surface area contributed by atoms with Gasteiger partial charge in [0.05, 0.1) is 5.75 Å². The number of urea groups is 1. The largest absolute Gasteiger partial charge is 0.335 e. The Kier molecular flexibility index (Phi) is 5.38. The van der Waals surface area contributed by atoms with E-state index in [1.807, 2.05) is 30.3 Å². The van der Waals surface area contributed by atoms with Crippen molar-refractivity contribution in [2.75, 3.05) is 16.4 Å². The van der Waals surface area contributed by atoms with Crippen molar-refractivity contribution >= 4 is 35.1 Å². The molecule has 5 nitrogen and oxygen atoms in total. The molecule has 6 heteroatoms. The van der Waals surface area contributed by atoms with Crippen LogP contribution in [0.25, 0.3) is 0 Å². The van der Waals surface area contributed by atoms with Gasteiger partial charge >= 0.3 is 6.03 Å². The first-order valence-corrected chi connectivity index (χ1v) is 8.83. The average Bonchev–Trinajstić information content (AvgIpc) is 3.39. The van der Waals surface area contributed by atoms with Crippen molar-refractivity contribution < 1.29 is 9.59 Å². The van der Waals surface area contributed by atoms with Gasteiger partial charge < -0.3 is 16.0 Å². The fraction of sp³-hybridized carbons (Fsp3) is 0.222. The molecule has 1 fully saturated rings. The minimum Gasteiger partial charge on any atom is -0.335 e. The molecule has 0 aliphatic heterocycles. The Labute approximate surface area is 145 Å². The Morgan fingerprint density at radius 2 is 1.54 bits per heavy atom. The van der Waals surface area contributed by atoms with Crippen LogP contribution in [0.4, 0.5) is 16.2 Å². The van der Waals surface area contributed by atoms with Gasteiger partial charge in [-0.25, -0.2) is 4.79 Å². The van der Waals surface area contributed by atoms with E-state index in [2.05, 4.69) is 16.0 Å². The first kappa shape index (κ1) is 16.4. The lowest BCUT2D eigenvalue weighted by Crippen LogP contribution is -2.30. The first-order valence-electron chi connectivity index (χ1n) is 7.84. The number of anilines is 2. The summed E-state index contributed by atoms with van der Waals surface area (Å²) in [5, 5.41) is 8.48. The van der Waals surface area contributed by atoms with Gasteiger partial charge in [-0.1, -0.05) is 18.2 Å². The number of hydrogen-bond acceptors (Lipinski definition) is 3. The third-order valence-electron chi connectivity index (χ3n) is 3.45. The van der Waals surface area contributed by atoms with Gasteiger partial charge in [0.1, 0.15) is 0 Å². The fourth-order valence-electron chi connectivity index (χ4n) is 2.08. The molecule has 2 aromatic carbocycles. The second-order valence-corrected chi connectivity index (χ2v) is 6.65. The molecule has 0 heterocycles. The van der Waals surface area contributed by atoms with Crippen LogP contribution in [0, 0.1) is 0 Å². The molecule has 1 aliphatic rings. The lowest BCUT2D eigenvalue weighted by molar-refractivity contribution is -0.113. The van der Waals surface area contributed by atoms with Crippen LogP contribution in [-0.4, -0.2) is 23.7 Å². The van der Waals surface area contributed by atoms with E-state index < -0.39 is 0 Å². The Bertz CT molecular complexity index is 700. The number of rotatable bonds is 6. The third-order valence-corrected chi connectivity index (χ3v) is 4.46. The zero-order valence-electron chi connectivity index (χ0n) is 13.1. The van der Waals surface area contributed by atoms with E-state index in [9.17, 15) is 9.59 Å². The van der Waals surface area contributed by atoms with Gasteiger partial charge in [-0.05, 0) is 49.2 Å². The minimum atomic E-state index is -0.187. The SMILES string of the molecule is O=C(CSc1ccccc1)Nc1ccc(NC(=O)NC2CC2)cc1. The number of thioether (sulfide) groups is 1. The highest BCUT2D eigenvalue weighted by Crippen LogP contribution is 2.20. The summed E-state index contributed by atoms with van der Waals surface area (Å²) >= 11 is 1.49. The maximum absolute atomic E-state index is 12.0. The standard InChI is InChI=1S/C18H19N3O2S/c22-17(12-24-16-4-2-1-3-5-16)19-13-6-8-14(9-7-13)20-18(23)21-15-10-11-15/h1-9,15H,10-12H2,(H,19,22)(H2,20,21,23). The number of carbonyl (C=O) groups excluding carboxylic acids is 2. The lowest BCUT2D eigenvalue weighted by Gasteiger charge is -2.08. The number of benzene rings is 2. The predicted octanol–water partition coefficient (Wildman–Crippen LogP) is 3.70. The van der Waals surface area contributed by atoms with Crippen molar-refractivity contribution in [2.45, 2.75) is 23.8 Å². The van der Waals surface area contributed by atoms with Crippen molar-refractivity contribution in [2.24, 2.45) is 0 Å². The normalized spacial score (nSPS) is 13.2. The van der Waals surface area contributed by atoms with Gasteiger partial charge in [0.2, 0.25) is 5.91 Å². The zero-order chi connectivity index (χ0) is 16.8. The second kappa shape index (κ2) is 7.88. The molecule has 3 N–H and O–H groups in total. The van der Waals surface area contributed by atoms with E-state index >= 15 is 0 Å². The molecule has 0 bridgehead atoms. The quantitative estimate of drug-likeness (QED) is 0.702. The van der Waals surface area contributed by atoms with Crippen molar-refractivity contribution in [3.63, 3.8) is 0 Å². The van der Waals surface area contributed by atoms with Gasteiger partial charge in [0.25, 0.3) is 0 Å². The number of hydrogen-bond donors (Lipinski definition) is 3. The molecule has 3 rings (SSSR count). The molecule has 0 atom stereocenters. The number of nitrogens with one attached hydrogen (secondary N) is 3. The molecular weight excluding hydrogens is 322 g/mol. The lowest BCUT2D eigenvalue weighted by atomic mass is 10.3. The summed E-state index contributed by atoms with van der Waals surface area (Å²) < 4.78 is 0. The smallest absolute Gasteiger partial charge is 0.319 e. The molecular formula is C18H19N3O2S. The van der Waals surface area contributed by atoms with Crippen LogP contribution < -0.4 is 16.0 Å². The average molecular weight is 341 g/mol. The topological polar surface area (TPSA) is 70.2 Å². The summed E-state index contributed by atoms with van der Waals surface area (Å²) in [6.07, 6.45) is 2.11. The maximum atomic E-state index is 12.0. The fourth-order valence-corrected chi connectivity index (χ4v) is 2.80. The van der Waals surface area contributed by atoms with Crippen molar-refractivity contribution in [3.8, 4) is 0 Å². The molecule has 1 saturated carbocycles. The highest BCUT2D eigenvalue weighted by atomic mass is 32.2. The highest BCUT2D eigenvalue weighted by molar-refractivity contribution is 8.00. The van der Waals surface area contributed by atoms with E-state index in [1.165, 1.54) is 11.8 Å². The summed E-state index contributed by atoms with van der Waals surface area (Å²) in [6, 6.07) is 17.0. The zero-order valence-corrected chi connectivity index (χ0v) is 13.9. The molecule has 0 unspecified atom stereocenters. The molecule has 124 valence electrons. The Morgan fingerprint density at radius 1 is 0.917 bits per heavy atom. The third kappa shape index (κ3) is 5.31. The van der Waals surface area contributed by atoms with E-state index in [0.29, 0.717) is 23.2 Å². The highest BCUT2D eigenvalue weighted by Gasteiger charge is 2.23. The van der Waals surface area contributed by atoms with Crippen LogP contribution in [-0.2, 0) is 4.79 Å². The van der Waals surface area contributed by atoms with E-state index in [0.717, 1.165) is 17.7 Å². The molecule has 0 aromatic heterocycles. The van der Waals surface area contributed by atoms with Crippen LogP contribution >= 0.6 is 11.8 Å². The summed E-state index contributed by atoms with van der Waals surface area (Å²) in [5.41, 5.74) is 1.41. The second-order valence-electron chi connectivity index (χ2n) is 5.60. The van der Waals surface area contributed by atoms with Crippen molar-refractivity contribution in [1.82, 2.24) is 5.32 Å². The van der Waals surface area contributed by atoms with E-state index in [-0.39, 0.29) is 11.9 Å². The number of carbonyl (C=O) groups is 2. The van der Waals surface area contributed by atoms with E-state index in [4.69, 9.17) is 0 Å². The summed E-state index contributed by atoms with van der Waals surface area (Å²) in [4.78, 5) is 24.7. The van der Waals surface area contributed by atoms with E-state index in [1.54, 1.807) is 24.3 Å². The molecule has 0 spiro atoms. The molecule has 3 amide bonds. The van der Waals surface area contributed by atoms with Gasteiger partial charge in [0.15, 0.2) is 0 Å². The monoisotopic (exact) mass is 341 g/mol. The van der Waals surface area contributed by atoms with Crippen LogP contribution in [0.15, 0.2) is 59.5 Å². The maximum Gasteiger partial charge on any atom is 0.319 e. The number of amides is 3. The van der Waals surface area contributed by atoms with Crippen LogP contribution in [0.1, 0.15) is 12.8 Å². The summed E-state index contributed by atoms with van der Waals surface area (Å²) in [7, 11) is 0. The molecule has 24 heavy (non-hydrogen) atoms. The van der Waals surface area contributed by atoms with Gasteiger partial charge in [-0.15, -0.1) is 11.8 Å². The summed E-state index contributed by atoms with van der Waals surface area (Å²) in [5.74, 6) is 0.296. The van der Waals surface area contributed by atoms with Crippen LogP contribution in [0.2, 0.25) is 0 Å². The van der Waals surface area contributed by atoms with Gasteiger partial charge in [0, 0.05) is 22.3 Å². The predicted molar refractivity (Wildman–Crippen MR) is 97.4 cm³/mol. The van der Waals surface area contributed by atoms with Crippen molar-refractivity contribution in [1.29, 1.82) is 0 Å². The van der Waals surface area contributed by atoms with Gasteiger partial charge in [-0.3, -0.25) is 4.79 Å². The Morgan fingerprint density at radius 3 is 2.17 bits per heavy atom. The summed E-state index contributed by atoms with van der Waals surface area (Å²) in [6.45, 7) is 0. The first-order chi connectivity index (χ1) is 11.7. The molecule has 0 saturated heterocycles. The Balaban J connectivity index is 1.44. The molecule has 1 aliphatic carbocycles.